The molecule has 0 aromatic heterocycles. The van der Waals surface area contributed by atoms with Gasteiger partial charge < -0.3 is 0 Å². The van der Waals surface area contributed by atoms with Gasteiger partial charge in [0.1, 0.15) is 0 Å². The largest absolute Gasteiger partial charge is 0.289 e. The molecule has 0 aromatic rings. The van der Waals surface area contributed by atoms with Crippen molar-refractivity contribution in [1.82, 2.24) is 0 Å². The van der Waals surface area contributed by atoms with Crippen molar-refractivity contribution in [3.05, 3.63) is 22.3 Å². The zero-order valence-corrected chi connectivity index (χ0v) is 10.4. The van der Waals surface area contributed by atoms with E-state index in [0.29, 0.717) is 35.2 Å². The number of ketones is 2. The van der Waals surface area contributed by atoms with Crippen LogP contribution < -0.4 is 0 Å². The molecule has 0 radical (unpaired) electrons. The Morgan fingerprint density at radius 1 is 0.556 bits per heavy atom. The molecule has 0 unspecified atom stereocenters. The van der Waals surface area contributed by atoms with Gasteiger partial charge in [-0.05, 0) is 62.2 Å². The summed E-state index contributed by atoms with van der Waals surface area (Å²) in [6.07, 6.45) is 6.72. The van der Waals surface area contributed by atoms with E-state index in [1.165, 1.54) is 0 Å². The lowest BCUT2D eigenvalue weighted by atomic mass is 9.73. The van der Waals surface area contributed by atoms with Gasteiger partial charge in [-0.2, -0.15) is 0 Å². The van der Waals surface area contributed by atoms with Crippen molar-refractivity contribution in [2.24, 2.45) is 23.7 Å². The molecule has 4 bridgehead atoms. The molecule has 2 fully saturated rings. The predicted octanol–water partition coefficient (Wildman–Crippen LogP) is 2.59. The summed E-state index contributed by atoms with van der Waals surface area (Å²) in [5.41, 5.74) is 3.84. The van der Waals surface area contributed by atoms with Crippen LogP contribution in [0.15, 0.2) is 22.3 Å². The zero-order chi connectivity index (χ0) is 12.0. The summed E-state index contributed by atoms with van der Waals surface area (Å²) in [4.78, 5) is 25.5. The monoisotopic (exact) mass is 240 g/mol. The first-order valence-electron chi connectivity index (χ1n) is 7.33. The fraction of sp³-hybridized carbons (Fsp3) is 0.625. The van der Waals surface area contributed by atoms with E-state index in [2.05, 4.69) is 0 Å². The van der Waals surface area contributed by atoms with Crippen LogP contribution in [-0.2, 0) is 9.59 Å². The fourth-order valence-electron chi connectivity index (χ4n) is 5.41. The van der Waals surface area contributed by atoms with Crippen molar-refractivity contribution in [1.29, 1.82) is 0 Å². The molecule has 18 heavy (non-hydrogen) atoms. The Labute approximate surface area is 106 Å². The molecule has 0 spiro atoms. The van der Waals surface area contributed by atoms with Gasteiger partial charge in [0, 0.05) is 22.3 Å². The number of carbonyl (C=O) groups is 2. The van der Waals surface area contributed by atoms with Gasteiger partial charge in [0.2, 0.25) is 0 Å². The van der Waals surface area contributed by atoms with E-state index >= 15 is 0 Å². The maximum atomic E-state index is 12.7. The van der Waals surface area contributed by atoms with Crippen LogP contribution in [0.1, 0.15) is 38.5 Å². The van der Waals surface area contributed by atoms with Crippen molar-refractivity contribution in [3.8, 4) is 0 Å². The Balaban J connectivity index is 1.73. The molecule has 92 valence electrons. The van der Waals surface area contributed by atoms with Crippen LogP contribution in [0.2, 0.25) is 0 Å². The summed E-state index contributed by atoms with van der Waals surface area (Å²) in [5, 5.41) is 0. The maximum absolute atomic E-state index is 12.7. The first-order chi connectivity index (χ1) is 8.75. The summed E-state index contributed by atoms with van der Waals surface area (Å²) in [7, 11) is 0. The van der Waals surface area contributed by atoms with Gasteiger partial charge in [0.05, 0.1) is 0 Å². The maximum Gasteiger partial charge on any atom is 0.186 e. The average molecular weight is 240 g/mol. The SMILES string of the molecule is O=C1C2=C(C(=O)C3=C1[C@H]1CC[C@H]3C1)[C@@H]1CC[C@@H]2C1. The number of carbonyl (C=O) groups excluding carboxylic acids is 2. The smallest absolute Gasteiger partial charge is 0.186 e. The minimum atomic E-state index is 0.291. The molecule has 0 aliphatic heterocycles. The summed E-state index contributed by atoms with van der Waals surface area (Å²) in [6, 6.07) is 0. The van der Waals surface area contributed by atoms with Crippen LogP contribution >= 0.6 is 0 Å². The van der Waals surface area contributed by atoms with Crippen LogP contribution in [-0.4, -0.2) is 11.6 Å². The molecule has 5 aliphatic rings. The number of hydrogen-bond acceptors (Lipinski definition) is 2. The first kappa shape index (κ1) is 9.71. The standard InChI is InChI=1S/C16H16O2/c17-15-11-7-1-2-8(5-7)12(11)16(18)14-10-4-3-9(6-10)13(14)15/h7-10H,1-6H2/t7-,8-,9+,10+. The molecule has 0 N–H and O–H groups in total. The number of fused-ring (bicyclic) bond motifs is 8. The molecule has 2 nitrogen and oxygen atoms in total. The van der Waals surface area contributed by atoms with Gasteiger partial charge >= 0.3 is 0 Å². The normalized spacial score (nSPS) is 44.2. The zero-order valence-electron chi connectivity index (χ0n) is 10.4. The van der Waals surface area contributed by atoms with Crippen LogP contribution in [0.5, 0.6) is 0 Å². The second-order valence-corrected chi connectivity index (χ2v) is 6.73. The van der Waals surface area contributed by atoms with Gasteiger partial charge in [0.25, 0.3) is 0 Å². The van der Waals surface area contributed by atoms with Gasteiger partial charge in [-0.25, -0.2) is 0 Å². The van der Waals surface area contributed by atoms with Crippen molar-refractivity contribution >= 4 is 11.6 Å². The van der Waals surface area contributed by atoms with Gasteiger partial charge in [-0.3, -0.25) is 9.59 Å². The minimum Gasteiger partial charge on any atom is -0.289 e. The lowest BCUT2D eigenvalue weighted by molar-refractivity contribution is -0.117. The lowest BCUT2D eigenvalue weighted by Crippen LogP contribution is -2.30. The summed E-state index contributed by atoms with van der Waals surface area (Å²) < 4.78 is 0. The highest BCUT2D eigenvalue weighted by Gasteiger charge is 2.54. The van der Waals surface area contributed by atoms with E-state index in [1.54, 1.807) is 0 Å². The topological polar surface area (TPSA) is 34.1 Å². The van der Waals surface area contributed by atoms with E-state index in [0.717, 1.165) is 60.8 Å². The van der Waals surface area contributed by atoms with Gasteiger partial charge in [-0.15, -0.1) is 0 Å². The molecular formula is C16H16O2. The van der Waals surface area contributed by atoms with E-state index < -0.39 is 0 Å². The fourth-order valence-corrected chi connectivity index (χ4v) is 5.41. The van der Waals surface area contributed by atoms with Crippen LogP contribution in [0.3, 0.4) is 0 Å². The quantitative estimate of drug-likeness (QED) is 0.610. The van der Waals surface area contributed by atoms with Gasteiger partial charge in [-0.1, -0.05) is 0 Å². The van der Waals surface area contributed by atoms with Crippen LogP contribution in [0.25, 0.3) is 0 Å². The molecule has 5 rings (SSSR count). The number of Topliss-reactive ketones (excluding diaryl/α,β-unsaturated/α-hetero) is 2. The highest BCUT2D eigenvalue weighted by molar-refractivity contribution is 6.27. The molecule has 0 amide bonds. The molecular weight excluding hydrogens is 224 g/mol. The highest BCUT2D eigenvalue weighted by atomic mass is 16.1. The van der Waals surface area contributed by atoms with E-state index in [9.17, 15) is 9.59 Å². The highest BCUT2D eigenvalue weighted by Crippen LogP contribution is 2.58. The van der Waals surface area contributed by atoms with Crippen molar-refractivity contribution < 1.29 is 9.59 Å². The Bertz CT molecular complexity index is 482. The summed E-state index contributed by atoms with van der Waals surface area (Å²) in [5.74, 6) is 2.28. The Morgan fingerprint density at radius 3 is 1.11 bits per heavy atom. The van der Waals surface area contributed by atoms with Crippen LogP contribution in [0.4, 0.5) is 0 Å². The Hall–Kier alpha value is -1.18. The average Bonchev–Trinajstić information content (AvgIpc) is 3.10. The lowest BCUT2D eigenvalue weighted by Gasteiger charge is -2.28. The number of rotatable bonds is 0. The molecule has 0 saturated heterocycles. The van der Waals surface area contributed by atoms with Crippen molar-refractivity contribution in [2.45, 2.75) is 38.5 Å². The summed E-state index contributed by atoms with van der Waals surface area (Å²) in [6.45, 7) is 0. The van der Waals surface area contributed by atoms with E-state index in [1.807, 2.05) is 0 Å². The number of hydrogen-bond donors (Lipinski definition) is 0. The molecule has 0 aromatic carbocycles. The Kier molecular flexibility index (Phi) is 1.55. The molecule has 2 saturated carbocycles. The molecule has 4 atom stereocenters. The second-order valence-electron chi connectivity index (χ2n) is 6.73. The molecule has 0 heterocycles. The predicted molar refractivity (Wildman–Crippen MR) is 65.7 cm³/mol. The van der Waals surface area contributed by atoms with E-state index in [4.69, 9.17) is 0 Å². The molecule has 2 heteroatoms. The number of allylic oxidation sites excluding steroid dienone is 4. The summed E-state index contributed by atoms with van der Waals surface area (Å²) >= 11 is 0. The Morgan fingerprint density at radius 2 is 0.833 bits per heavy atom. The minimum absolute atomic E-state index is 0.291. The van der Waals surface area contributed by atoms with Crippen LogP contribution in [0, 0.1) is 23.7 Å². The molecule has 5 aliphatic carbocycles. The van der Waals surface area contributed by atoms with E-state index in [-0.39, 0.29) is 0 Å². The van der Waals surface area contributed by atoms with Gasteiger partial charge in [0.15, 0.2) is 11.6 Å². The first-order valence-corrected chi connectivity index (χ1v) is 7.33. The van der Waals surface area contributed by atoms with Crippen molar-refractivity contribution in [3.63, 3.8) is 0 Å². The third-order valence-corrected chi connectivity index (χ3v) is 6.06. The second kappa shape index (κ2) is 2.87. The third kappa shape index (κ3) is 0.877. The van der Waals surface area contributed by atoms with Crippen molar-refractivity contribution in [2.75, 3.05) is 0 Å². The third-order valence-electron chi connectivity index (χ3n) is 6.06.